The van der Waals surface area contributed by atoms with Crippen LogP contribution >= 0.6 is 0 Å². The molecule has 10 nitrogen and oxygen atoms in total. The van der Waals surface area contributed by atoms with Gasteiger partial charge in [0.15, 0.2) is 11.5 Å². The van der Waals surface area contributed by atoms with Gasteiger partial charge in [0.25, 0.3) is 5.91 Å². The summed E-state index contributed by atoms with van der Waals surface area (Å²) in [4.78, 5) is 38.1. The predicted molar refractivity (Wildman–Crippen MR) is 151 cm³/mol. The van der Waals surface area contributed by atoms with E-state index in [9.17, 15) is 9.59 Å². The summed E-state index contributed by atoms with van der Waals surface area (Å²) < 4.78 is 5.00. The van der Waals surface area contributed by atoms with Gasteiger partial charge in [-0.3, -0.25) is 4.79 Å². The minimum Gasteiger partial charge on any atom is -0.467 e. The molecule has 0 radical (unpaired) electrons. The number of aromatic nitrogens is 2. The number of anilines is 3. The number of rotatable bonds is 7. The molecule has 39 heavy (non-hydrogen) atoms. The van der Waals surface area contributed by atoms with Gasteiger partial charge in [-0.2, -0.15) is 0 Å². The molecule has 0 spiro atoms. The maximum atomic E-state index is 12.5. The van der Waals surface area contributed by atoms with Crippen molar-refractivity contribution in [1.29, 1.82) is 0 Å². The summed E-state index contributed by atoms with van der Waals surface area (Å²) in [6.45, 7) is 5.24. The number of piperidine rings is 2. The number of carbonyl (C=O) groups is 2. The highest BCUT2D eigenvalue weighted by molar-refractivity contribution is 5.96. The van der Waals surface area contributed by atoms with Crippen molar-refractivity contribution in [2.75, 3.05) is 37.0 Å². The van der Waals surface area contributed by atoms with Gasteiger partial charge >= 0.3 is 5.97 Å². The van der Waals surface area contributed by atoms with Crippen molar-refractivity contribution >= 4 is 29.2 Å². The van der Waals surface area contributed by atoms with Gasteiger partial charge in [0.2, 0.25) is 0 Å². The van der Waals surface area contributed by atoms with Crippen molar-refractivity contribution < 1.29 is 14.3 Å². The van der Waals surface area contributed by atoms with Gasteiger partial charge in [0, 0.05) is 24.3 Å². The van der Waals surface area contributed by atoms with Gasteiger partial charge in [-0.25, -0.2) is 14.8 Å². The monoisotopic (exact) mass is 535 g/mol. The Morgan fingerprint density at radius 3 is 2.38 bits per heavy atom. The normalized spacial score (nSPS) is 23.9. The molecule has 1 aromatic carbocycles. The number of nitrogens with one attached hydrogen (secondary N) is 1. The molecule has 210 valence electrons. The van der Waals surface area contributed by atoms with Crippen LogP contribution in [0.15, 0.2) is 30.5 Å². The molecule has 3 aliphatic rings. The molecule has 0 bridgehead atoms. The number of likely N-dealkylation sites (tertiary alicyclic amines) is 1. The Kier molecular flexibility index (Phi) is 8.04. The molecular weight excluding hydrogens is 494 g/mol. The summed E-state index contributed by atoms with van der Waals surface area (Å²) in [5, 5.41) is 3.23. The first-order valence-electron chi connectivity index (χ1n) is 14.2. The molecule has 3 fully saturated rings. The van der Waals surface area contributed by atoms with E-state index in [1.165, 1.54) is 44.6 Å². The van der Waals surface area contributed by atoms with Crippen LogP contribution in [0.1, 0.15) is 74.3 Å². The number of nitrogens with zero attached hydrogens (tertiary/aromatic N) is 4. The molecule has 1 amide bonds. The first kappa shape index (κ1) is 27.3. The molecular formula is C29H41N7O3. The van der Waals surface area contributed by atoms with Crippen molar-refractivity contribution in [3.8, 4) is 0 Å². The molecule has 2 unspecified atom stereocenters. The number of hydrogen-bond donors (Lipinski definition) is 3. The maximum Gasteiger partial charge on any atom is 0.330 e. The lowest BCUT2D eigenvalue weighted by atomic mass is 9.74. The Labute approximate surface area is 230 Å². The van der Waals surface area contributed by atoms with Crippen LogP contribution in [0.5, 0.6) is 0 Å². The van der Waals surface area contributed by atoms with Gasteiger partial charge in [0.05, 0.1) is 13.3 Å². The summed E-state index contributed by atoms with van der Waals surface area (Å²) in [5.74, 6) is -0.428. The van der Waals surface area contributed by atoms with Crippen LogP contribution in [0.3, 0.4) is 0 Å². The molecule has 3 heterocycles. The van der Waals surface area contributed by atoms with Crippen molar-refractivity contribution in [3.05, 3.63) is 41.7 Å². The standard InChI is InChI=1S/C29H41N7O3/c1-29(13-16-35(17-14-29)21-6-3-4-7-21)19-9-11-20(12-10-19)33-27-24(26(31)37)32-18-23(34-27)36-15-5-8-22(30)25(36)28(38)39-2/h9-12,18,21-22,25H,3-8,13-17,30H2,1-2H3,(H2,31,37)(H,33,34). The first-order valence-corrected chi connectivity index (χ1v) is 14.2. The van der Waals surface area contributed by atoms with E-state index in [-0.39, 0.29) is 23.0 Å². The van der Waals surface area contributed by atoms with Crippen molar-refractivity contribution in [3.63, 3.8) is 0 Å². The number of carbonyl (C=O) groups excluding carboxylic acids is 2. The van der Waals surface area contributed by atoms with Crippen LogP contribution in [0, 0.1) is 0 Å². The average molecular weight is 536 g/mol. The third kappa shape index (κ3) is 5.72. The number of ether oxygens (including phenoxy) is 1. The SMILES string of the molecule is COC(=O)C1C(N)CCCN1c1cnc(C(N)=O)c(Nc2ccc(C3(C)CCN(C4CCCC4)CC3)cc2)n1. The third-order valence-electron chi connectivity index (χ3n) is 9.00. The Bertz CT molecular complexity index is 1170. The van der Waals surface area contributed by atoms with E-state index in [1.54, 1.807) is 4.90 Å². The summed E-state index contributed by atoms with van der Waals surface area (Å²) >= 11 is 0. The van der Waals surface area contributed by atoms with E-state index in [0.29, 0.717) is 18.8 Å². The van der Waals surface area contributed by atoms with Crippen molar-refractivity contribution in [1.82, 2.24) is 14.9 Å². The quantitative estimate of drug-likeness (QED) is 0.456. The first-order chi connectivity index (χ1) is 18.8. The smallest absolute Gasteiger partial charge is 0.330 e. The van der Waals surface area contributed by atoms with Crippen LogP contribution in [-0.2, 0) is 14.9 Å². The summed E-state index contributed by atoms with van der Waals surface area (Å²) in [5.41, 5.74) is 14.2. The number of nitrogens with two attached hydrogens (primary N) is 2. The summed E-state index contributed by atoms with van der Waals surface area (Å²) in [6.07, 6.45) is 10.7. The minimum atomic E-state index is -0.686. The Hall–Kier alpha value is -3.24. The van der Waals surface area contributed by atoms with Gasteiger partial charge in [-0.15, -0.1) is 0 Å². The van der Waals surface area contributed by atoms with E-state index in [2.05, 4.69) is 39.2 Å². The third-order valence-corrected chi connectivity index (χ3v) is 9.00. The fourth-order valence-electron chi connectivity index (χ4n) is 6.52. The molecule has 10 heteroatoms. The molecule has 5 N–H and O–H groups in total. The van der Waals surface area contributed by atoms with E-state index in [0.717, 1.165) is 44.1 Å². The lowest BCUT2D eigenvalue weighted by molar-refractivity contribution is -0.143. The molecule has 1 saturated carbocycles. The van der Waals surface area contributed by atoms with Gasteiger partial charge in [0.1, 0.15) is 11.9 Å². The molecule has 2 atom stereocenters. The van der Waals surface area contributed by atoms with Gasteiger partial charge < -0.3 is 31.3 Å². The van der Waals surface area contributed by atoms with E-state index in [1.807, 2.05) is 12.1 Å². The van der Waals surface area contributed by atoms with Crippen LogP contribution in [0.2, 0.25) is 0 Å². The van der Waals surface area contributed by atoms with E-state index in [4.69, 9.17) is 16.2 Å². The number of hydrogen-bond acceptors (Lipinski definition) is 9. The zero-order valence-corrected chi connectivity index (χ0v) is 23.1. The summed E-state index contributed by atoms with van der Waals surface area (Å²) in [6, 6.07) is 8.05. The Morgan fingerprint density at radius 2 is 1.74 bits per heavy atom. The van der Waals surface area contributed by atoms with Crippen molar-refractivity contribution in [2.45, 2.75) is 81.8 Å². The van der Waals surface area contributed by atoms with Crippen molar-refractivity contribution in [2.24, 2.45) is 11.5 Å². The van der Waals surface area contributed by atoms with Gasteiger partial charge in [-0.1, -0.05) is 31.9 Å². The van der Waals surface area contributed by atoms with E-state index < -0.39 is 17.9 Å². The van der Waals surface area contributed by atoms with Crippen LogP contribution in [0.25, 0.3) is 0 Å². The topological polar surface area (TPSA) is 140 Å². The zero-order chi connectivity index (χ0) is 27.6. The number of esters is 1. The highest BCUT2D eigenvalue weighted by atomic mass is 16.5. The Morgan fingerprint density at radius 1 is 1.05 bits per heavy atom. The second kappa shape index (κ2) is 11.5. The van der Waals surface area contributed by atoms with Crippen LogP contribution in [0.4, 0.5) is 17.3 Å². The van der Waals surface area contributed by atoms with Crippen LogP contribution < -0.4 is 21.7 Å². The largest absolute Gasteiger partial charge is 0.467 e. The fourth-order valence-corrected chi connectivity index (χ4v) is 6.52. The average Bonchev–Trinajstić information content (AvgIpc) is 3.48. The second-order valence-corrected chi connectivity index (χ2v) is 11.5. The summed E-state index contributed by atoms with van der Waals surface area (Å²) in [7, 11) is 1.35. The maximum absolute atomic E-state index is 12.5. The number of primary amides is 1. The molecule has 2 aromatic rings. The predicted octanol–water partition coefficient (Wildman–Crippen LogP) is 3.08. The molecule has 2 saturated heterocycles. The minimum absolute atomic E-state index is 0.0324. The molecule has 5 rings (SSSR count). The highest BCUT2D eigenvalue weighted by Crippen LogP contribution is 2.38. The molecule has 1 aromatic heterocycles. The number of amides is 1. The lowest BCUT2D eigenvalue weighted by Crippen LogP contribution is -2.57. The zero-order valence-electron chi connectivity index (χ0n) is 23.1. The fraction of sp³-hybridized carbons (Fsp3) is 0.586. The van der Waals surface area contributed by atoms with E-state index >= 15 is 0 Å². The van der Waals surface area contributed by atoms with Crippen LogP contribution in [-0.4, -0.2) is 71.6 Å². The highest BCUT2D eigenvalue weighted by Gasteiger charge is 2.37. The van der Waals surface area contributed by atoms with Gasteiger partial charge in [-0.05, 0) is 74.7 Å². The Balaban J connectivity index is 1.33. The molecule has 2 aliphatic heterocycles. The molecule has 1 aliphatic carbocycles. The number of methoxy groups -OCH3 is 1. The number of benzene rings is 1. The second-order valence-electron chi connectivity index (χ2n) is 11.5. The lowest BCUT2D eigenvalue weighted by Gasteiger charge is -2.42.